The second-order valence-electron chi connectivity index (χ2n) is 4.79. The second kappa shape index (κ2) is 13.1. The molecule has 0 amide bonds. The standard InChI is InChI=1S/C14H24I2O4/c1-11(15)5-7-13(17)19-9-3-4-10-20-14(18)8-6-12(2)16/h11-12H,3-10H2,1-2H3. The summed E-state index contributed by atoms with van der Waals surface area (Å²) < 4.78 is 11.2. The van der Waals surface area contributed by atoms with E-state index in [1.807, 2.05) is 0 Å². The van der Waals surface area contributed by atoms with Crippen LogP contribution in [0.25, 0.3) is 0 Å². The van der Waals surface area contributed by atoms with Gasteiger partial charge in [-0.05, 0) is 25.7 Å². The van der Waals surface area contributed by atoms with Gasteiger partial charge in [0.25, 0.3) is 0 Å². The van der Waals surface area contributed by atoms with Crippen molar-refractivity contribution in [2.45, 2.75) is 60.2 Å². The minimum absolute atomic E-state index is 0.137. The van der Waals surface area contributed by atoms with Crippen molar-refractivity contribution in [2.75, 3.05) is 13.2 Å². The Balaban J connectivity index is 3.35. The topological polar surface area (TPSA) is 52.6 Å². The summed E-state index contributed by atoms with van der Waals surface area (Å²) in [5.74, 6) is -0.275. The maximum atomic E-state index is 11.3. The first-order valence-electron chi connectivity index (χ1n) is 7.01. The highest BCUT2D eigenvalue weighted by molar-refractivity contribution is 14.1. The number of ether oxygens (including phenoxy) is 2. The molecule has 0 radical (unpaired) electrons. The zero-order chi connectivity index (χ0) is 15.4. The number of hydrogen-bond donors (Lipinski definition) is 0. The van der Waals surface area contributed by atoms with Crippen LogP contribution in [0.1, 0.15) is 52.4 Å². The zero-order valence-corrected chi connectivity index (χ0v) is 16.5. The van der Waals surface area contributed by atoms with Crippen molar-refractivity contribution in [3.05, 3.63) is 0 Å². The summed E-state index contributed by atoms with van der Waals surface area (Å²) in [4.78, 5) is 22.7. The molecule has 0 fully saturated rings. The van der Waals surface area contributed by atoms with Crippen LogP contribution in [0.15, 0.2) is 0 Å². The van der Waals surface area contributed by atoms with Gasteiger partial charge in [0.1, 0.15) is 0 Å². The highest BCUT2D eigenvalue weighted by atomic mass is 127. The SMILES string of the molecule is CC(I)CCC(=O)OCCCCOC(=O)CCC(C)I. The number of rotatable bonds is 11. The minimum Gasteiger partial charge on any atom is -0.466 e. The van der Waals surface area contributed by atoms with Gasteiger partial charge in [0, 0.05) is 20.7 Å². The molecule has 0 saturated heterocycles. The molecule has 0 saturated carbocycles. The van der Waals surface area contributed by atoms with Crippen LogP contribution in [0.5, 0.6) is 0 Å². The smallest absolute Gasteiger partial charge is 0.305 e. The Morgan fingerprint density at radius 2 is 1.20 bits per heavy atom. The molecule has 0 aromatic heterocycles. The van der Waals surface area contributed by atoms with Crippen LogP contribution in [0.4, 0.5) is 0 Å². The Morgan fingerprint density at radius 1 is 0.850 bits per heavy atom. The van der Waals surface area contributed by atoms with E-state index in [1.54, 1.807) is 0 Å². The van der Waals surface area contributed by atoms with E-state index in [-0.39, 0.29) is 11.9 Å². The van der Waals surface area contributed by atoms with E-state index in [0.29, 0.717) is 33.9 Å². The van der Waals surface area contributed by atoms with Crippen LogP contribution in [0.3, 0.4) is 0 Å². The lowest BCUT2D eigenvalue weighted by molar-refractivity contribution is -0.146. The second-order valence-corrected chi connectivity index (χ2v) is 9.04. The summed E-state index contributed by atoms with van der Waals surface area (Å²) in [6.07, 6.45) is 4.14. The van der Waals surface area contributed by atoms with Gasteiger partial charge in [-0.3, -0.25) is 9.59 Å². The lowest BCUT2D eigenvalue weighted by Gasteiger charge is -2.07. The molecule has 2 unspecified atom stereocenters. The number of alkyl halides is 2. The number of unbranched alkanes of at least 4 members (excludes halogenated alkanes) is 1. The van der Waals surface area contributed by atoms with Crippen LogP contribution < -0.4 is 0 Å². The summed E-state index contributed by atoms with van der Waals surface area (Å²) in [5.41, 5.74) is 0. The average molecular weight is 510 g/mol. The van der Waals surface area contributed by atoms with Crippen LogP contribution in [-0.2, 0) is 19.1 Å². The quantitative estimate of drug-likeness (QED) is 0.182. The average Bonchev–Trinajstić information content (AvgIpc) is 2.37. The highest BCUT2D eigenvalue weighted by Crippen LogP contribution is 2.09. The summed E-state index contributed by atoms with van der Waals surface area (Å²) in [6.45, 7) is 4.97. The van der Waals surface area contributed by atoms with E-state index in [0.717, 1.165) is 25.7 Å². The van der Waals surface area contributed by atoms with E-state index in [1.165, 1.54) is 0 Å². The van der Waals surface area contributed by atoms with Gasteiger partial charge in [0.15, 0.2) is 0 Å². The van der Waals surface area contributed by atoms with Crippen molar-refractivity contribution in [3.8, 4) is 0 Å². The molecular formula is C14H24I2O4. The number of hydrogen-bond acceptors (Lipinski definition) is 4. The van der Waals surface area contributed by atoms with Crippen molar-refractivity contribution >= 4 is 57.1 Å². The maximum Gasteiger partial charge on any atom is 0.305 e. The molecule has 0 aliphatic rings. The molecule has 4 nitrogen and oxygen atoms in total. The van der Waals surface area contributed by atoms with Gasteiger partial charge in [0.05, 0.1) is 13.2 Å². The van der Waals surface area contributed by atoms with Gasteiger partial charge in [-0.15, -0.1) is 0 Å². The summed E-state index contributed by atoms with van der Waals surface area (Å²) in [5, 5.41) is 0. The van der Waals surface area contributed by atoms with Crippen LogP contribution in [-0.4, -0.2) is 33.0 Å². The Morgan fingerprint density at radius 3 is 1.50 bits per heavy atom. The number of esters is 2. The molecule has 0 spiro atoms. The number of halogens is 2. The molecule has 0 bridgehead atoms. The third-order valence-electron chi connectivity index (χ3n) is 2.56. The molecule has 0 aromatic rings. The van der Waals surface area contributed by atoms with Crippen molar-refractivity contribution < 1.29 is 19.1 Å². The van der Waals surface area contributed by atoms with Gasteiger partial charge in [0.2, 0.25) is 0 Å². The Labute approximate surface area is 149 Å². The fourth-order valence-corrected chi connectivity index (χ4v) is 1.98. The van der Waals surface area contributed by atoms with E-state index < -0.39 is 0 Å². The van der Waals surface area contributed by atoms with Crippen molar-refractivity contribution in [2.24, 2.45) is 0 Å². The van der Waals surface area contributed by atoms with Crippen molar-refractivity contribution in [1.29, 1.82) is 0 Å². The fourth-order valence-electron chi connectivity index (χ4n) is 1.35. The maximum absolute atomic E-state index is 11.3. The Hall–Kier alpha value is 0.400. The van der Waals surface area contributed by atoms with E-state index in [9.17, 15) is 9.59 Å². The van der Waals surface area contributed by atoms with E-state index >= 15 is 0 Å². The van der Waals surface area contributed by atoms with Gasteiger partial charge < -0.3 is 9.47 Å². The molecular weight excluding hydrogens is 486 g/mol. The zero-order valence-electron chi connectivity index (χ0n) is 12.2. The molecule has 0 rings (SSSR count). The molecule has 20 heavy (non-hydrogen) atoms. The van der Waals surface area contributed by atoms with Gasteiger partial charge in [-0.2, -0.15) is 0 Å². The van der Waals surface area contributed by atoms with E-state index in [4.69, 9.17) is 9.47 Å². The monoisotopic (exact) mass is 510 g/mol. The fraction of sp³-hybridized carbons (Fsp3) is 0.857. The van der Waals surface area contributed by atoms with Gasteiger partial charge in [-0.25, -0.2) is 0 Å². The van der Waals surface area contributed by atoms with Crippen LogP contribution in [0.2, 0.25) is 0 Å². The summed E-state index contributed by atoms with van der Waals surface area (Å²) in [7, 11) is 0. The largest absolute Gasteiger partial charge is 0.466 e. The minimum atomic E-state index is -0.137. The molecule has 2 atom stereocenters. The Kier molecular flexibility index (Phi) is 13.4. The third-order valence-corrected chi connectivity index (χ3v) is 3.80. The normalized spacial score (nSPS) is 13.6. The molecule has 6 heteroatoms. The lowest BCUT2D eigenvalue weighted by Crippen LogP contribution is -2.10. The van der Waals surface area contributed by atoms with Crippen molar-refractivity contribution in [3.63, 3.8) is 0 Å². The lowest BCUT2D eigenvalue weighted by atomic mass is 10.2. The molecule has 0 aromatic carbocycles. The van der Waals surface area contributed by atoms with Crippen molar-refractivity contribution in [1.82, 2.24) is 0 Å². The number of carbonyl (C=O) groups is 2. The van der Waals surface area contributed by atoms with Crippen LogP contribution >= 0.6 is 45.2 Å². The predicted molar refractivity (Wildman–Crippen MR) is 96.6 cm³/mol. The molecule has 0 aliphatic heterocycles. The Bertz CT molecular complexity index is 252. The first-order chi connectivity index (χ1) is 9.41. The molecule has 0 N–H and O–H groups in total. The first kappa shape index (κ1) is 20.4. The molecule has 118 valence electrons. The summed E-state index contributed by atoms with van der Waals surface area (Å²) in [6, 6.07) is 0. The first-order valence-corrected chi connectivity index (χ1v) is 9.50. The van der Waals surface area contributed by atoms with Crippen LogP contribution in [0, 0.1) is 0 Å². The van der Waals surface area contributed by atoms with Gasteiger partial charge >= 0.3 is 11.9 Å². The third kappa shape index (κ3) is 14.8. The number of carbonyl (C=O) groups excluding carboxylic acids is 2. The summed E-state index contributed by atoms with van der Waals surface area (Å²) >= 11 is 4.58. The van der Waals surface area contributed by atoms with E-state index in [2.05, 4.69) is 59.0 Å². The molecule has 0 heterocycles. The highest BCUT2D eigenvalue weighted by Gasteiger charge is 2.06. The molecule has 0 aliphatic carbocycles. The van der Waals surface area contributed by atoms with Gasteiger partial charge in [-0.1, -0.05) is 59.0 Å². The predicted octanol–water partition coefficient (Wildman–Crippen LogP) is 4.06.